The maximum Gasteiger partial charge on any atom is 0.120 e. The fourth-order valence-corrected chi connectivity index (χ4v) is 0.493. The highest BCUT2D eigenvalue weighted by molar-refractivity contribution is 6.17. The van der Waals surface area contributed by atoms with Gasteiger partial charge in [0.2, 0.25) is 0 Å². The highest BCUT2D eigenvalue weighted by Gasteiger charge is 1.81. The molecule has 8 heavy (non-hydrogen) atoms. The average Bonchev–Trinajstić information content (AvgIpc) is 1.81. The Hall–Kier alpha value is -0.0100. The Kier molecular flexibility index (Phi) is 6.98. The van der Waals surface area contributed by atoms with Crippen molar-refractivity contribution in [2.75, 3.05) is 12.7 Å². The summed E-state index contributed by atoms with van der Waals surface area (Å²) < 4.78 is 4.85. The summed E-state index contributed by atoms with van der Waals surface area (Å²) in [4.78, 5) is 0. The van der Waals surface area contributed by atoms with Crippen molar-refractivity contribution in [2.24, 2.45) is 0 Å². The van der Waals surface area contributed by atoms with Gasteiger partial charge in [0.25, 0.3) is 0 Å². The molecule has 0 unspecified atom stereocenters. The van der Waals surface area contributed by atoms with Gasteiger partial charge in [0.05, 0.1) is 0 Å². The van der Waals surface area contributed by atoms with Crippen molar-refractivity contribution in [3.05, 3.63) is 12.7 Å². The van der Waals surface area contributed by atoms with Gasteiger partial charge in [-0.25, -0.2) is 0 Å². The highest BCUT2D eigenvalue weighted by atomic mass is 35.5. The van der Waals surface area contributed by atoms with Crippen LogP contribution < -0.4 is 0 Å². The van der Waals surface area contributed by atoms with E-state index < -0.39 is 0 Å². The van der Waals surface area contributed by atoms with Crippen LogP contribution in [0.5, 0.6) is 0 Å². The molecule has 0 spiro atoms. The summed E-state index contributed by atoms with van der Waals surface area (Å²) >= 11 is 5.23. The molecule has 0 aliphatic rings. The maximum absolute atomic E-state index is 5.23. The van der Waals surface area contributed by atoms with Crippen LogP contribution in [-0.2, 0) is 4.74 Å². The standard InChI is InChI=1S/C6H11ClO/c1-2-3-4-5-8-6-7/h2H,1,3-6H2. The SMILES string of the molecule is C=CCCCOCCl. The van der Waals surface area contributed by atoms with Crippen molar-refractivity contribution in [3.63, 3.8) is 0 Å². The van der Waals surface area contributed by atoms with Crippen LogP contribution in [0.1, 0.15) is 12.8 Å². The van der Waals surface area contributed by atoms with E-state index in [1.807, 2.05) is 6.08 Å². The van der Waals surface area contributed by atoms with Gasteiger partial charge in [0.1, 0.15) is 6.07 Å². The van der Waals surface area contributed by atoms with Crippen molar-refractivity contribution in [1.82, 2.24) is 0 Å². The summed E-state index contributed by atoms with van der Waals surface area (Å²) in [6.07, 6.45) is 3.91. The van der Waals surface area contributed by atoms with Gasteiger partial charge in [0.15, 0.2) is 0 Å². The smallest absolute Gasteiger partial charge is 0.120 e. The molecule has 0 aliphatic heterocycles. The molecule has 0 saturated carbocycles. The Balaban J connectivity index is 2.62. The number of allylic oxidation sites excluding steroid dienone is 1. The third-order valence-electron chi connectivity index (χ3n) is 0.774. The van der Waals surface area contributed by atoms with Crippen LogP contribution in [0.15, 0.2) is 12.7 Å². The largest absolute Gasteiger partial charge is 0.366 e. The number of rotatable bonds is 5. The number of alkyl halides is 1. The van der Waals surface area contributed by atoms with Crippen LogP contribution in [0.3, 0.4) is 0 Å². The normalized spacial score (nSPS) is 9.12. The molecule has 0 aliphatic carbocycles. The van der Waals surface area contributed by atoms with E-state index in [-0.39, 0.29) is 0 Å². The first-order chi connectivity index (χ1) is 3.91. The van der Waals surface area contributed by atoms with Crippen LogP contribution in [0.4, 0.5) is 0 Å². The molecule has 0 bridgehead atoms. The van der Waals surface area contributed by atoms with E-state index in [0.29, 0.717) is 6.07 Å². The minimum Gasteiger partial charge on any atom is -0.366 e. The van der Waals surface area contributed by atoms with Crippen molar-refractivity contribution >= 4 is 11.6 Å². The minimum atomic E-state index is 0.303. The predicted octanol–water partition coefficient (Wildman–Crippen LogP) is 2.17. The molecule has 0 heterocycles. The number of hydrogen-bond acceptors (Lipinski definition) is 1. The molecule has 0 aromatic heterocycles. The monoisotopic (exact) mass is 134 g/mol. The molecule has 0 amide bonds. The summed E-state index contributed by atoms with van der Waals surface area (Å²) in [7, 11) is 0. The van der Waals surface area contributed by atoms with Gasteiger partial charge in [0, 0.05) is 6.61 Å². The molecule has 1 nitrogen and oxygen atoms in total. The van der Waals surface area contributed by atoms with Crippen molar-refractivity contribution in [3.8, 4) is 0 Å². The summed E-state index contributed by atoms with van der Waals surface area (Å²) in [5.74, 6) is 0. The van der Waals surface area contributed by atoms with Crippen molar-refractivity contribution < 1.29 is 4.74 Å². The summed E-state index contributed by atoms with van der Waals surface area (Å²) in [5, 5.41) is 0. The number of hydrogen-bond donors (Lipinski definition) is 0. The zero-order chi connectivity index (χ0) is 6.24. The topological polar surface area (TPSA) is 9.23 Å². The quantitative estimate of drug-likeness (QED) is 0.318. The lowest BCUT2D eigenvalue weighted by Crippen LogP contribution is -1.89. The Morgan fingerprint density at radius 1 is 1.62 bits per heavy atom. The highest BCUT2D eigenvalue weighted by Crippen LogP contribution is 1.90. The van der Waals surface area contributed by atoms with Crippen LogP contribution in [0.25, 0.3) is 0 Å². The second-order valence-corrected chi connectivity index (χ2v) is 1.67. The third kappa shape index (κ3) is 5.99. The Labute approximate surface area is 55.3 Å². The molecular formula is C6H11ClO. The van der Waals surface area contributed by atoms with Crippen LogP contribution in [0, 0.1) is 0 Å². The molecule has 0 aromatic rings. The second-order valence-electron chi connectivity index (χ2n) is 1.45. The number of unbranched alkanes of at least 4 members (excludes halogenated alkanes) is 1. The van der Waals surface area contributed by atoms with E-state index in [1.54, 1.807) is 0 Å². The van der Waals surface area contributed by atoms with Crippen LogP contribution >= 0.6 is 11.6 Å². The summed E-state index contributed by atoms with van der Waals surface area (Å²) in [6, 6.07) is 0.303. The fourth-order valence-electron chi connectivity index (χ4n) is 0.384. The lowest BCUT2D eigenvalue weighted by molar-refractivity contribution is 0.177. The lowest BCUT2D eigenvalue weighted by atomic mass is 10.3. The molecule has 0 rings (SSSR count). The minimum absolute atomic E-state index is 0.303. The molecule has 48 valence electrons. The molecule has 0 saturated heterocycles. The Morgan fingerprint density at radius 3 is 2.88 bits per heavy atom. The van der Waals surface area contributed by atoms with Crippen molar-refractivity contribution in [2.45, 2.75) is 12.8 Å². The van der Waals surface area contributed by atoms with E-state index in [1.165, 1.54) is 0 Å². The van der Waals surface area contributed by atoms with Crippen LogP contribution in [0.2, 0.25) is 0 Å². The second kappa shape index (κ2) is 6.99. The molecule has 2 heteroatoms. The van der Waals surface area contributed by atoms with E-state index in [4.69, 9.17) is 16.3 Å². The zero-order valence-electron chi connectivity index (χ0n) is 4.90. The first kappa shape index (κ1) is 7.99. The molecule has 0 atom stereocenters. The molecule has 0 aromatic carbocycles. The Bertz CT molecular complexity index is 54.5. The number of halogens is 1. The molecular weight excluding hydrogens is 124 g/mol. The maximum atomic E-state index is 5.23. The fraction of sp³-hybridized carbons (Fsp3) is 0.667. The third-order valence-corrected chi connectivity index (χ3v) is 0.928. The van der Waals surface area contributed by atoms with Gasteiger partial charge < -0.3 is 4.74 Å². The van der Waals surface area contributed by atoms with Crippen LogP contribution in [-0.4, -0.2) is 12.7 Å². The first-order valence-corrected chi connectivity index (χ1v) is 3.20. The van der Waals surface area contributed by atoms with E-state index in [0.717, 1.165) is 19.4 Å². The predicted molar refractivity (Wildman–Crippen MR) is 36.1 cm³/mol. The van der Waals surface area contributed by atoms with E-state index in [9.17, 15) is 0 Å². The molecule has 0 fully saturated rings. The van der Waals surface area contributed by atoms with Gasteiger partial charge in [-0.1, -0.05) is 17.7 Å². The van der Waals surface area contributed by atoms with E-state index in [2.05, 4.69) is 6.58 Å². The summed E-state index contributed by atoms with van der Waals surface area (Å²) in [5.41, 5.74) is 0. The number of ether oxygens (including phenoxy) is 1. The van der Waals surface area contributed by atoms with Gasteiger partial charge in [-0.15, -0.1) is 6.58 Å². The van der Waals surface area contributed by atoms with Gasteiger partial charge >= 0.3 is 0 Å². The van der Waals surface area contributed by atoms with Gasteiger partial charge in [-0.05, 0) is 12.8 Å². The summed E-state index contributed by atoms with van der Waals surface area (Å²) in [6.45, 7) is 4.32. The van der Waals surface area contributed by atoms with Crippen molar-refractivity contribution in [1.29, 1.82) is 0 Å². The van der Waals surface area contributed by atoms with Gasteiger partial charge in [-0.3, -0.25) is 0 Å². The van der Waals surface area contributed by atoms with Gasteiger partial charge in [-0.2, -0.15) is 0 Å². The zero-order valence-corrected chi connectivity index (χ0v) is 5.66. The average molecular weight is 135 g/mol. The Morgan fingerprint density at radius 2 is 2.38 bits per heavy atom. The molecule has 0 radical (unpaired) electrons. The first-order valence-electron chi connectivity index (χ1n) is 2.66. The van der Waals surface area contributed by atoms with E-state index >= 15 is 0 Å². The molecule has 0 N–H and O–H groups in total. The lowest BCUT2D eigenvalue weighted by Gasteiger charge is -1.94.